The van der Waals surface area contributed by atoms with E-state index in [4.69, 9.17) is 4.42 Å². The molecule has 1 unspecified atom stereocenters. The Morgan fingerprint density at radius 2 is 1.82 bits per heavy atom. The van der Waals surface area contributed by atoms with Crippen molar-refractivity contribution >= 4 is 29.9 Å². The maximum Gasteiger partial charge on any atom is 0.216 e. The van der Waals surface area contributed by atoms with Gasteiger partial charge in [0.25, 0.3) is 0 Å². The monoisotopic (exact) mass is 499 g/mol. The number of aromatic nitrogens is 1. The van der Waals surface area contributed by atoms with E-state index in [2.05, 4.69) is 77.7 Å². The zero-order valence-electron chi connectivity index (χ0n) is 17.9. The zero-order valence-corrected chi connectivity index (χ0v) is 20.2. The molecule has 0 fully saturated rings. The van der Waals surface area contributed by atoms with Gasteiger partial charge in [0.05, 0.1) is 11.7 Å². The quantitative estimate of drug-likeness (QED) is 0.329. The Labute approximate surface area is 186 Å². The molecule has 0 aliphatic heterocycles. The molecular formula is C21H34IN5O. The smallest absolute Gasteiger partial charge is 0.216 e. The molecule has 2 rings (SSSR count). The van der Waals surface area contributed by atoms with E-state index in [1.54, 1.807) is 0 Å². The van der Waals surface area contributed by atoms with Crippen molar-refractivity contribution in [1.29, 1.82) is 0 Å². The lowest BCUT2D eigenvalue weighted by Gasteiger charge is -2.26. The summed E-state index contributed by atoms with van der Waals surface area (Å²) in [5, 5.41) is 6.74. The lowest BCUT2D eigenvalue weighted by atomic mass is 10.0. The number of aryl methyl sites for hydroxylation is 3. The minimum atomic E-state index is 0. The molecule has 1 aromatic heterocycles. The third-order valence-corrected chi connectivity index (χ3v) is 4.65. The summed E-state index contributed by atoms with van der Waals surface area (Å²) in [6.07, 6.45) is 1.06. The second-order valence-electron chi connectivity index (χ2n) is 6.90. The number of guanidine groups is 1. The van der Waals surface area contributed by atoms with E-state index in [0.717, 1.165) is 36.9 Å². The average Bonchev–Trinajstić information content (AvgIpc) is 2.97. The number of halogens is 1. The van der Waals surface area contributed by atoms with Gasteiger partial charge in [0.15, 0.2) is 5.96 Å². The highest BCUT2D eigenvalue weighted by Gasteiger charge is 2.15. The second-order valence-corrected chi connectivity index (χ2v) is 6.90. The standard InChI is InChI=1S/C21H33N5O.HI/c1-7-17-9-11-18(12-10-17)19(26(5)6)13-23-21(22-8-2)24-14-20-25-15(3)16(4)27-20;/h9-12,19H,7-8,13-14H2,1-6H3,(H2,22,23,24);1H. The number of hydrogen-bond donors (Lipinski definition) is 2. The highest BCUT2D eigenvalue weighted by molar-refractivity contribution is 14.0. The molecule has 156 valence electrons. The molecule has 0 saturated heterocycles. The number of oxazole rings is 1. The number of aliphatic imine (C=N–C) groups is 1. The molecule has 2 aromatic rings. The Hall–Kier alpha value is -1.61. The van der Waals surface area contributed by atoms with Gasteiger partial charge in [-0.2, -0.15) is 0 Å². The molecule has 1 heterocycles. The molecular weight excluding hydrogens is 465 g/mol. The molecule has 2 N–H and O–H groups in total. The molecule has 0 radical (unpaired) electrons. The van der Waals surface area contributed by atoms with Crippen LogP contribution in [0.15, 0.2) is 33.7 Å². The minimum Gasteiger partial charge on any atom is -0.444 e. The fourth-order valence-electron chi connectivity index (χ4n) is 2.86. The van der Waals surface area contributed by atoms with Gasteiger partial charge in [-0.15, -0.1) is 24.0 Å². The molecule has 0 spiro atoms. The summed E-state index contributed by atoms with van der Waals surface area (Å²) in [6, 6.07) is 9.10. The molecule has 7 heteroatoms. The molecule has 28 heavy (non-hydrogen) atoms. The Balaban J connectivity index is 0.00000392. The van der Waals surface area contributed by atoms with Gasteiger partial charge in [0.2, 0.25) is 5.89 Å². The number of rotatable bonds is 8. The first kappa shape index (κ1) is 24.4. The third kappa shape index (κ3) is 7.09. The van der Waals surface area contributed by atoms with E-state index in [1.165, 1.54) is 11.1 Å². The predicted octanol–water partition coefficient (Wildman–Crippen LogP) is 3.83. The Morgan fingerprint density at radius 3 is 2.32 bits per heavy atom. The van der Waals surface area contributed by atoms with Crippen LogP contribution in [0.3, 0.4) is 0 Å². The van der Waals surface area contributed by atoms with Gasteiger partial charge in [-0.25, -0.2) is 9.98 Å². The molecule has 0 bridgehead atoms. The largest absolute Gasteiger partial charge is 0.444 e. The topological polar surface area (TPSA) is 65.7 Å². The SMILES string of the molecule is CCNC(=NCc1nc(C)c(C)o1)NCC(c1ccc(CC)cc1)N(C)C.I. The second kappa shape index (κ2) is 12.1. The van der Waals surface area contributed by atoms with E-state index in [1.807, 2.05) is 13.8 Å². The van der Waals surface area contributed by atoms with Crippen LogP contribution in [0.2, 0.25) is 0 Å². The molecule has 1 aromatic carbocycles. The molecule has 0 amide bonds. The summed E-state index contributed by atoms with van der Waals surface area (Å²) < 4.78 is 5.62. The highest BCUT2D eigenvalue weighted by Crippen LogP contribution is 2.18. The molecule has 0 aliphatic rings. The van der Waals surface area contributed by atoms with Crippen LogP contribution >= 0.6 is 24.0 Å². The van der Waals surface area contributed by atoms with Crippen molar-refractivity contribution in [3.8, 4) is 0 Å². The molecule has 1 atom stereocenters. The van der Waals surface area contributed by atoms with Gasteiger partial charge >= 0.3 is 0 Å². The number of likely N-dealkylation sites (N-methyl/N-ethyl adjacent to an activating group) is 1. The average molecular weight is 499 g/mol. The van der Waals surface area contributed by atoms with Gasteiger partial charge in [-0.3, -0.25) is 0 Å². The van der Waals surface area contributed by atoms with Crippen LogP contribution in [0, 0.1) is 13.8 Å². The van der Waals surface area contributed by atoms with Gasteiger partial charge in [0.1, 0.15) is 12.3 Å². The fourth-order valence-corrected chi connectivity index (χ4v) is 2.86. The summed E-state index contributed by atoms with van der Waals surface area (Å²) in [5.41, 5.74) is 3.57. The molecule has 6 nitrogen and oxygen atoms in total. The van der Waals surface area contributed by atoms with E-state index in [0.29, 0.717) is 12.4 Å². The Kier molecular flexibility index (Phi) is 10.5. The maximum absolute atomic E-state index is 5.62. The van der Waals surface area contributed by atoms with Crippen molar-refractivity contribution in [2.45, 2.75) is 46.7 Å². The maximum atomic E-state index is 5.62. The van der Waals surface area contributed by atoms with Gasteiger partial charge in [-0.05, 0) is 52.4 Å². The van der Waals surface area contributed by atoms with Crippen LogP contribution in [-0.4, -0.2) is 43.0 Å². The van der Waals surface area contributed by atoms with Crippen molar-refractivity contribution < 1.29 is 4.42 Å². The number of nitrogens with one attached hydrogen (secondary N) is 2. The van der Waals surface area contributed by atoms with Crippen LogP contribution in [0.1, 0.15) is 48.4 Å². The normalized spacial score (nSPS) is 12.6. The van der Waals surface area contributed by atoms with Gasteiger partial charge < -0.3 is 20.0 Å². The number of nitrogens with zero attached hydrogens (tertiary/aromatic N) is 3. The fraction of sp³-hybridized carbons (Fsp3) is 0.524. The summed E-state index contributed by atoms with van der Waals surface area (Å²) in [5.74, 6) is 2.26. The molecule has 0 saturated carbocycles. The van der Waals surface area contributed by atoms with Crippen LogP contribution in [0.5, 0.6) is 0 Å². The van der Waals surface area contributed by atoms with Gasteiger partial charge in [0, 0.05) is 13.1 Å². The van der Waals surface area contributed by atoms with Crippen LogP contribution in [0.25, 0.3) is 0 Å². The lowest BCUT2D eigenvalue weighted by molar-refractivity contribution is 0.298. The van der Waals surface area contributed by atoms with E-state index in [-0.39, 0.29) is 30.0 Å². The van der Waals surface area contributed by atoms with E-state index in [9.17, 15) is 0 Å². The minimum absolute atomic E-state index is 0. The first-order chi connectivity index (χ1) is 12.9. The van der Waals surface area contributed by atoms with E-state index >= 15 is 0 Å². The Bertz CT molecular complexity index is 720. The van der Waals surface area contributed by atoms with Crippen molar-refractivity contribution in [3.63, 3.8) is 0 Å². The van der Waals surface area contributed by atoms with Crippen LogP contribution in [0.4, 0.5) is 0 Å². The Morgan fingerprint density at radius 1 is 1.14 bits per heavy atom. The summed E-state index contributed by atoms with van der Waals surface area (Å²) in [6.45, 7) is 10.1. The zero-order chi connectivity index (χ0) is 19.8. The van der Waals surface area contributed by atoms with Crippen molar-refractivity contribution in [3.05, 3.63) is 52.7 Å². The van der Waals surface area contributed by atoms with Crippen molar-refractivity contribution in [2.24, 2.45) is 4.99 Å². The predicted molar refractivity (Wildman–Crippen MR) is 126 cm³/mol. The van der Waals surface area contributed by atoms with Crippen LogP contribution in [-0.2, 0) is 13.0 Å². The summed E-state index contributed by atoms with van der Waals surface area (Å²) >= 11 is 0. The first-order valence-electron chi connectivity index (χ1n) is 9.64. The van der Waals surface area contributed by atoms with Crippen LogP contribution < -0.4 is 10.6 Å². The molecule has 0 aliphatic carbocycles. The lowest BCUT2D eigenvalue weighted by Crippen LogP contribution is -2.41. The number of benzene rings is 1. The van der Waals surface area contributed by atoms with Crippen molar-refractivity contribution in [1.82, 2.24) is 20.5 Å². The first-order valence-corrected chi connectivity index (χ1v) is 9.64. The summed E-state index contributed by atoms with van der Waals surface area (Å²) in [7, 11) is 4.20. The van der Waals surface area contributed by atoms with Gasteiger partial charge in [-0.1, -0.05) is 31.2 Å². The number of hydrogen-bond acceptors (Lipinski definition) is 4. The third-order valence-electron chi connectivity index (χ3n) is 4.65. The van der Waals surface area contributed by atoms with E-state index < -0.39 is 0 Å². The van der Waals surface area contributed by atoms with Crippen molar-refractivity contribution in [2.75, 3.05) is 27.2 Å². The highest BCUT2D eigenvalue weighted by atomic mass is 127. The summed E-state index contributed by atoms with van der Waals surface area (Å²) in [4.78, 5) is 11.2.